The molecule has 7 nitrogen and oxygen atoms in total. The molecular weight excluding hydrogens is 448 g/mol. The Hall–Kier alpha value is -3.00. The summed E-state index contributed by atoms with van der Waals surface area (Å²) in [5.74, 6) is 0.0508. The third-order valence-corrected chi connectivity index (χ3v) is 7.91. The first-order valence-corrected chi connectivity index (χ1v) is 12.7. The summed E-state index contributed by atoms with van der Waals surface area (Å²) in [6, 6.07) is 9.18. The van der Waals surface area contributed by atoms with Gasteiger partial charge in [-0.25, -0.2) is 15.0 Å². The number of rotatable bonds is 6. The molecule has 0 bridgehead atoms. The summed E-state index contributed by atoms with van der Waals surface area (Å²) in [5.41, 5.74) is 8.05. The molecule has 2 atom stereocenters. The number of nitrogens with one attached hydrogen (secondary N) is 2. The normalized spacial score (nSPS) is 19.9. The minimum absolute atomic E-state index is 0.198. The molecule has 0 spiro atoms. The Morgan fingerprint density at radius 1 is 1.18 bits per heavy atom. The lowest BCUT2D eigenvalue weighted by molar-refractivity contribution is -0.139. The van der Waals surface area contributed by atoms with Crippen molar-refractivity contribution >= 4 is 40.7 Å². The topological polar surface area (TPSA) is 84.7 Å². The van der Waals surface area contributed by atoms with Gasteiger partial charge in [-0.2, -0.15) is 5.10 Å². The van der Waals surface area contributed by atoms with Crippen molar-refractivity contribution in [2.75, 3.05) is 11.9 Å². The Morgan fingerprint density at radius 3 is 2.65 bits per heavy atom. The van der Waals surface area contributed by atoms with Gasteiger partial charge in [0.1, 0.15) is 0 Å². The van der Waals surface area contributed by atoms with Crippen LogP contribution in [0.15, 0.2) is 41.0 Å². The van der Waals surface area contributed by atoms with Crippen LogP contribution in [0.1, 0.15) is 55.1 Å². The monoisotopic (exact) mass is 480 g/mol. The Labute approximate surface area is 205 Å². The number of carbonyl (C=O) groups is 2. The summed E-state index contributed by atoms with van der Waals surface area (Å²) in [4.78, 5) is 25.1. The fraction of sp³-hybridized carbons (Fsp3) is 0.423. The van der Waals surface area contributed by atoms with E-state index in [2.05, 4.69) is 20.4 Å². The Balaban J connectivity index is 1.54. The molecule has 180 valence electrons. The molecule has 0 radical (unpaired) electrons. The van der Waals surface area contributed by atoms with Crippen LogP contribution in [-0.2, 0) is 9.53 Å². The van der Waals surface area contributed by atoms with Gasteiger partial charge in [-0.3, -0.25) is 0 Å². The smallest absolute Gasteiger partial charge is 0.339 e. The predicted octanol–water partition coefficient (Wildman–Crippen LogP) is 5.61. The lowest BCUT2D eigenvalue weighted by Gasteiger charge is -2.25. The summed E-state index contributed by atoms with van der Waals surface area (Å²) in [6.07, 6.45) is 6.15. The molecule has 2 amide bonds. The zero-order chi connectivity index (χ0) is 24.2. The molecule has 34 heavy (non-hydrogen) atoms. The van der Waals surface area contributed by atoms with Crippen molar-refractivity contribution in [3.63, 3.8) is 0 Å². The first kappa shape index (κ1) is 24.1. The van der Waals surface area contributed by atoms with Gasteiger partial charge in [-0.05, 0) is 58.7 Å². The van der Waals surface area contributed by atoms with E-state index in [0.29, 0.717) is 17.5 Å². The van der Waals surface area contributed by atoms with Gasteiger partial charge in [-0.15, -0.1) is 11.8 Å². The van der Waals surface area contributed by atoms with Gasteiger partial charge in [0.05, 0.1) is 23.4 Å². The first-order valence-electron chi connectivity index (χ1n) is 11.8. The van der Waals surface area contributed by atoms with Gasteiger partial charge in [0, 0.05) is 33.8 Å². The molecule has 4 rings (SSSR count). The second-order valence-corrected chi connectivity index (χ2v) is 10.1. The second kappa shape index (κ2) is 10.5. The van der Waals surface area contributed by atoms with Gasteiger partial charge in [0.2, 0.25) is 0 Å². The van der Waals surface area contributed by atoms with Crippen molar-refractivity contribution in [1.29, 1.82) is 0 Å². The van der Waals surface area contributed by atoms with Crippen LogP contribution in [0.4, 0.5) is 10.5 Å². The van der Waals surface area contributed by atoms with E-state index in [1.807, 2.05) is 58.0 Å². The number of anilines is 1. The quantitative estimate of drug-likeness (QED) is 0.320. The largest absolute Gasteiger partial charge is 0.463 e. The number of fused-ring (bicyclic) bond motifs is 1. The highest BCUT2D eigenvalue weighted by atomic mass is 32.2. The maximum absolute atomic E-state index is 12.9. The molecular formula is C26H32N4O3S. The van der Waals surface area contributed by atoms with Gasteiger partial charge >= 0.3 is 12.0 Å². The molecule has 2 heterocycles. The number of hydrogen-bond donors (Lipinski definition) is 2. The minimum atomic E-state index is -0.406. The van der Waals surface area contributed by atoms with Crippen LogP contribution in [0.2, 0.25) is 0 Å². The molecule has 1 aromatic carbocycles. The Bertz CT molecular complexity index is 1130. The van der Waals surface area contributed by atoms with E-state index < -0.39 is 6.03 Å². The maximum atomic E-state index is 12.9. The number of ether oxygens (including phenoxy) is 1. The number of nitrogens with zero attached hydrogens (tertiary/aromatic N) is 2. The number of aryl methyl sites for hydroxylation is 2. The molecule has 1 aromatic heterocycles. The van der Waals surface area contributed by atoms with Crippen LogP contribution in [0.5, 0.6) is 0 Å². The number of benzene rings is 1. The standard InChI is InChI=1S/C26H32N4O3S/c1-5-33-25(31)23-21-8-6-7-9-22(21)34-24(23)30-17(3)14-19(18(30)4)15-27-29-26(32)28-20-12-10-16(2)11-13-20/h10-15,21-22H,5-9H2,1-4H3,(H2,28,29,32)/b27-15-/t21-,22-/m1/s1. The van der Waals surface area contributed by atoms with Gasteiger partial charge in [-0.1, -0.05) is 30.5 Å². The number of hydrazone groups is 1. The first-order chi connectivity index (χ1) is 16.4. The molecule has 0 unspecified atom stereocenters. The van der Waals surface area contributed by atoms with E-state index in [-0.39, 0.29) is 11.9 Å². The molecule has 1 aliphatic carbocycles. The van der Waals surface area contributed by atoms with Crippen molar-refractivity contribution < 1.29 is 14.3 Å². The molecule has 0 saturated heterocycles. The van der Waals surface area contributed by atoms with Gasteiger partial charge in [0.15, 0.2) is 0 Å². The third kappa shape index (κ3) is 5.06. The summed E-state index contributed by atoms with van der Waals surface area (Å²) in [7, 11) is 0. The summed E-state index contributed by atoms with van der Waals surface area (Å²) in [6.45, 7) is 8.25. The van der Waals surface area contributed by atoms with E-state index in [0.717, 1.165) is 52.4 Å². The van der Waals surface area contributed by atoms with E-state index in [1.165, 1.54) is 6.42 Å². The van der Waals surface area contributed by atoms with Gasteiger partial charge < -0.3 is 14.6 Å². The highest BCUT2D eigenvalue weighted by Crippen LogP contribution is 2.52. The fourth-order valence-electron chi connectivity index (χ4n) is 4.74. The van der Waals surface area contributed by atoms with Crippen molar-refractivity contribution in [2.45, 2.75) is 58.6 Å². The number of esters is 1. The molecule has 8 heteroatoms. The number of amides is 2. The maximum Gasteiger partial charge on any atom is 0.339 e. The molecule has 1 fully saturated rings. The average Bonchev–Trinajstić information content (AvgIpc) is 3.32. The third-order valence-electron chi connectivity index (χ3n) is 6.41. The zero-order valence-corrected chi connectivity index (χ0v) is 21.0. The molecule has 2 aliphatic rings. The summed E-state index contributed by atoms with van der Waals surface area (Å²) >= 11 is 1.80. The van der Waals surface area contributed by atoms with Crippen molar-refractivity contribution in [3.8, 4) is 0 Å². The van der Waals surface area contributed by atoms with Crippen LogP contribution < -0.4 is 10.7 Å². The average molecular weight is 481 g/mol. The Morgan fingerprint density at radius 2 is 1.91 bits per heavy atom. The number of aromatic nitrogens is 1. The number of hydrogen-bond acceptors (Lipinski definition) is 5. The summed E-state index contributed by atoms with van der Waals surface area (Å²) < 4.78 is 7.60. The molecule has 2 aromatic rings. The molecule has 1 aliphatic heterocycles. The highest BCUT2D eigenvalue weighted by molar-refractivity contribution is 8.08. The number of carbonyl (C=O) groups excluding carboxylic acids is 2. The lowest BCUT2D eigenvalue weighted by atomic mass is 9.84. The molecule has 2 N–H and O–H groups in total. The van der Waals surface area contributed by atoms with Crippen LogP contribution in [0, 0.1) is 26.7 Å². The van der Waals surface area contributed by atoms with E-state index in [1.54, 1.807) is 18.0 Å². The van der Waals surface area contributed by atoms with E-state index in [4.69, 9.17) is 4.74 Å². The van der Waals surface area contributed by atoms with E-state index >= 15 is 0 Å². The van der Waals surface area contributed by atoms with Crippen molar-refractivity contribution in [2.24, 2.45) is 11.0 Å². The molecule has 1 saturated carbocycles. The van der Waals surface area contributed by atoms with Crippen LogP contribution in [-0.4, -0.2) is 34.6 Å². The lowest BCUT2D eigenvalue weighted by Crippen LogP contribution is -2.24. The Kier molecular flexibility index (Phi) is 7.46. The van der Waals surface area contributed by atoms with Crippen LogP contribution >= 0.6 is 11.8 Å². The SMILES string of the molecule is CCOC(=O)C1=C(n2c(C)cc(/C=N\NC(=O)Nc3ccc(C)cc3)c2C)S[C@@H]2CCCC[C@@H]12. The second-order valence-electron chi connectivity index (χ2n) is 8.84. The number of urea groups is 1. The van der Waals surface area contributed by atoms with Gasteiger partial charge in [0.25, 0.3) is 0 Å². The highest BCUT2D eigenvalue weighted by Gasteiger charge is 2.42. The predicted molar refractivity (Wildman–Crippen MR) is 138 cm³/mol. The van der Waals surface area contributed by atoms with Crippen LogP contribution in [0.25, 0.3) is 5.03 Å². The fourth-order valence-corrected chi connectivity index (χ4v) is 6.50. The summed E-state index contributed by atoms with van der Waals surface area (Å²) in [5, 5.41) is 8.30. The zero-order valence-electron chi connectivity index (χ0n) is 20.2. The van der Waals surface area contributed by atoms with Crippen molar-refractivity contribution in [3.05, 3.63) is 58.4 Å². The van der Waals surface area contributed by atoms with E-state index in [9.17, 15) is 9.59 Å². The van der Waals surface area contributed by atoms with Crippen LogP contribution in [0.3, 0.4) is 0 Å². The number of thioether (sulfide) groups is 1. The minimum Gasteiger partial charge on any atom is -0.463 e. The van der Waals surface area contributed by atoms with Crippen molar-refractivity contribution in [1.82, 2.24) is 9.99 Å².